The van der Waals surface area contributed by atoms with E-state index in [0.717, 1.165) is 44.3 Å². The zero-order valence-electron chi connectivity index (χ0n) is 16.2. The Balaban J connectivity index is 2.49. The molecule has 1 aromatic carbocycles. The molecule has 0 radical (unpaired) electrons. The Morgan fingerprint density at radius 2 is 1.62 bits per heavy atom. The van der Waals surface area contributed by atoms with Gasteiger partial charge in [0.1, 0.15) is 5.75 Å². The zero-order valence-corrected chi connectivity index (χ0v) is 16.2. The maximum Gasteiger partial charge on any atom is 0.297 e. The van der Waals surface area contributed by atoms with Crippen molar-refractivity contribution in [1.82, 2.24) is 4.57 Å². The van der Waals surface area contributed by atoms with Crippen LogP contribution in [0.1, 0.15) is 59.3 Å². The molecule has 0 saturated heterocycles. The van der Waals surface area contributed by atoms with E-state index in [2.05, 4.69) is 20.8 Å². The molecule has 0 aliphatic heterocycles. The van der Waals surface area contributed by atoms with Gasteiger partial charge in [-0.1, -0.05) is 40.0 Å². The highest BCUT2D eigenvalue weighted by atomic mass is 16.5. The molecule has 2 aromatic rings. The van der Waals surface area contributed by atoms with Crippen LogP contribution in [0.3, 0.4) is 0 Å². The average molecular weight is 361 g/mol. The van der Waals surface area contributed by atoms with E-state index in [-0.39, 0.29) is 17.1 Å². The van der Waals surface area contributed by atoms with Gasteiger partial charge < -0.3 is 19.1 Å². The van der Waals surface area contributed by atoms with E-state index in [1.54, 1.807) is 10.6 Å². The van der Waals surface area contributed by atoms with Gasteiger partial charge in [-0.2, -0.15) is 0 Å². The number of fused-ring (bicyclic) bond motifs is 1. The summed E-state index contributed by atoms with van der Waals surface area (Å²) in [6, 6.07) is 5.49. The van der Waals surface area contributed by atoms with Crippen LogP contribution < -0.4 is 15.0 Å². The summed E-state index contributed by atoms with van der Waals surface area (Å²) in [6.07, 6.45) is 5.72. The molecule has 0 aliphatic rings. The summed E-state index contributed by atoms with van der Waals surface area (Å²) in [5, 5.41) is 11.2. The Morgan fingerprint density at radius 3 is 2.27 bits per heavy atom. The smallest absolute Gasteiger partial charge is 0.297 e. The maximum atomic E-state index is 12.9. The predicted octanol–water partition coefficient (Wildman–Crippen LogP) is 4.87. The first-order valence-electron chi connectivity index (χ1n) is 9.79. The number of aryl methyl sites for hydroxylation is 1. The van der Waals surface area contributed by atoms with Gasteiger partial charge in [0.2, 0.25) is 5.75 Å². The van der Waals surface area contributed by atoms with Crippen molar-refractivity contribution in [3.63, 3.8) is 0 Å². The second-order valence-corrected chi connectivity index (χ2v) is 6.57. The van der Waals surface area contributed by atoms with Gasteiger partial charge in [0, 0.05) is 18.0 Å². The lowest BCUT2D eigenvalue weighted by atomic mass is 10.1. The van der Waals surface area contributed by atoms with Gasteiger partial charge in [-0.3, -0.25) is 4.79 Å². The van der Waals surface area contributed by atoms with E-state index in [4.69, 9.17) is 9.47 Å². The fraction of sp³-hybridized carbons (Fsp3) is 0.571. The minimum Gasteiger partial charge on any atom is -0.504 e. The second kappa shape index (κ2) is 10.1. The minimum absolute atomic E-state index is 0.0571. The molecule has 5 nitrogen and oxygen atoms in total. The number of benzene rings is 1. The van der Waals surface area contributed by atoms with Crippen molar-refractivity contribution in [2.75, 3.05) is 13.2 Å². The first kappa shape index (κ1) is 20.1. The second-order valence-electron chi connectivity index (χ2n) is 6.57. The summed E-state index contributed by atoms with van der Waals surface area (Å²) in [5.41, 5.74) is 0.419. The number of hydrogen-bond donors (Lipinski definition) is 1. The molecule has 1 heterocycles. The predicted molar refractivity (Wildman–Crippen MR) is 106 cm³/mol. The Hall–Kier alpha value is -2.17. The topological polar surface area (TPSA) is 60.7 Å². The van der Waals surface area contributed by atoms with Crippen molar-refractivity contribution in [3.8, 4) is 17.2 Å². The largest absolute Gasteiger partial charge is 0.504 e. The van der Waals surface area contributed by atoms with E-state index in [1.165, 1.54) is 0 Å². The van der Waals surface area contributed by atoms with Crippen LogP contribution >= 0.6 is 0 Å². The van der Waals surface area contributed by atoms with Gasteiger partial charge >= 0.3 is 0 Å². The monoisotopic (exact) mass is 361 g/mol. The highest BCUT2D eigenvalue weighted by Gasteiger charge is 2.18. The first-order valence-corrected chi connectivity index (χ1v) is 9.79. The summed E-state index contributed by atoms with van der Waals surface area (Å²) in [6.45, 7) is 7.93. The molecule has 0 unspecified atom stereocenters. The fourth-order valence-electron chi connectivity index (χ4n) is 2.80. The molecule has 144 valence electrons. The van der Waals surface area contributed by atoms with Gasteiger partial charge in [0.05, 0.1) is 18.7 Å². The Morgan fingerprint density at radius 1 is 0.962 bits per heavy atom. The number of ether oxygens (including phenoxy) is 2. The Kier molecular flexibility index (Phi) is 7.82. The van der Waals surface area contributed by atoms with Crippen LogP contribution in [0.25, 0.3) is 10.9 Å². The van der Waals surface area contributed by atoms with E-state index in [0.29, 0.717) is 30.7 Å². The molecule has 0 aliphatic carbocycles. The van der Waals surface area contributed by atoms with E-state index < -0.39 is 0 Å². The third-order valence-corrected chi connectivity index (χ3v) is 4.42. The highest BCUT2D eigenvalue weighted by Crippen LogP contribution is 2.33. The number of aromatic hydroxyl groups is 1. The van der Waals surface area contributed by atoms with Crippen LogP contribution in [-0.4, -0.2) is 22.9 Å². The van der Waals surface area contributed by atoms with Crippen LogP contribution in [0.5, 0.6) is 17.2 Å². The molecule has 0 amide bonds. The van der Waals surface area contributed by atoms with Gasteiger partial charge in [-0.15, -0.1) is 0 Å². The SMILES string of the molecule is CCCCOc1ccc2c(O)c(OCCCC)c(=O)n(CCCC)c2c1. The number of aromatic nitrogens is 1. The van der Waals surface area contributed by atoms with Crippen LogP contribution in [0.15, 0.2) is 23.0 Å². The lowest BCUT2D eigenvalue weighted by Crippen LogP contribution is -2.23. The standard InChI is InChI=1S/C21H31NO4/c1-4-7-12-22-18-15-16(25-13-8-5-2)10-11-17(18)19(23)20(21(22)24)26-14-9-6-3/h10-11,15,23H,4-9,12-14H2,1-3H3. The van der Waals surface area contributed by atoms with Crippen molar-refractivity contribution >= 4 is 10.9 Å². The number of hydrogen-bond acceptors (Lipinski definition) is 4. The van der Waals surface area contributed by atoms with Crippen molar-refractivity contribution in [2.24, 2.45) is 0 Å². The van der Waals surface area contributed by atoms with Gasteiger partial charge in [-0.25, -0.2) is 0 Å². The third-order valence-electron chi connectivity index (χ3n) is 4.42. The molecule has 5 heteroatoms. The molecule has 26 heavy (non-hydrogen) atoms. The molecular formula is C21H31NO4. The van der Waals surface area contributed by atoms with Crippen molar-refractivity contribution < 1.29 is 14.6 Å². The van der Waals surface area contributed by atoms with Crippen LogP contribution in [-0.2, 0) is 6.54 Å². The normalized spacial score (nSPS) is 11.0. The maximum absolute atomic E-state index is 12.9. The Labute approximate surface area is 155 Å². The van der Waals surface area contributed by atoms with Gasteiger partial charge in [0.25, 0.3) is 5.56 Å². The van der Waals surface area contributed by atoms with Gasteiger partial charge in [-0.05, 0) is 31.4 Å². The fourth-order valence-corrected chi connectivity index (χ4v) is 2.80. The van der Waals surface area contributed by atoms with Crippen molar-refractivity contribution in [2.45, 2.75) is 65.8 Å². The molecule has 0 fully saturated rings. The molecule has 0 spiro atoms. The summed E-state index contributed by atoms with van der Waals surface area (Å²) in [4.78, 5) is 12.9. The van der Waals surface area contributed by atoms with Crippen molar-refractivity contribution in [1.29, 1.82) is 0 Å². The zero-order chi connectivity index (χ0) is 18.9. The van der Waals surface area contributed by atoms with E-state index in [9.17, 15) is 9.90 Å². The quantitative estimate of drug-likeness (QED) is 0.580. The number of unbranched alkanes of at least 4 members (excludes halogenated alkanes) is 3. The van der Waals surface area contributed by atoms with E-state index >= 15 is 0 Å². The lowest BCUT2D eigenvalue weighted by Gasteiger charge is -2.16. The summed E-state index contributed by atoms with van der Waals surface area (Å²) >= 11 is 0. The molecule has 2 rings (SSSR count). The van der Waals surface area contributed by atoms with E-state index in [1.807, 2.05) is 12.1 Å². The van der Waals surface area contributed by atoms with Crippen LogP contribution in [0.4, 0.5) is 0 Å². The molecule has 0 bridgehead atoms. The minimum atomic E-state index is -0.273. The highest BCUT2D eigenvalue weighted by molar-refractivity contribution is 5.88. The third kappa shape index (κ3) is 4.71. The molecule has 0 saturated carbocycles. The number of pyridine rings is 1. The summed E-state index contributed by atoms with van der Waals surface area (Å²) in [5.74, 6) is 0.699. The average Bonchev–Trinajstić information content (AvgIpc) is 2.64. The van der Waals surface area contributed by atoms with Crippen molar-refractivity contribution in [3.05, 3.63) is 28.6 Å². The molecule has 0 atom stereocenters. The molecular weight excluding hydrogens is 330 g/mol. The first-order chi connectivity index (χ1) is 12.6. The molecule has 1 aromatic heterocycles. The summed E-state index contributed by atoms with van der Waals surface area (Å²) < 4.78 is 13.1. The molecule has 1 N–H and O–H groups in total. The lowest BCUT2D eigenvalue weighted by molar-refractivity contribution is 0.287. The van der Waals surface area contributed by atoms with Crippen LogP contribution in [0.2, 0.25) is 0 Å². The summed E-state index contributed by atoms with van der Waals surface area (Å²) in [7, 11) is 0. The number of rotatable bonds is 11. The van der Waals surface area contributed by atoms with Gasteiger partial charge in [0.15, 0.2) is 5.75 Å². The number of nitrogens with zero attached hydrogens (tertiary/aromatic N) is 1. The van der Waals surface area contributed by atoms with Crippen LogP contribution in [0, 0.1) is 0 Å². The Bertz CT molecular complexity index is 767.